The third-order valence-electron chi connectivity index (χ3n) is 3.46. The van der Waals surface area contributed by atoms with E-state index in [4.69, 9.17) is 4.74 Å². The van der Waals surface area contributed by atoms with Gasteiger partial charge in [0, 0.05) is 5.69 Å². The topological polar surface area (TPSA) is 92.8 Å². The van der Waals surface area contributed by atoms with Crippen molar-refractivity contribution in [1.82, 2.24) is 0 Å². The molecule has 0 spiro atoms. The normalized spacial score (nSPS) is 10.9. The highest BCUT2D eigenvalue weighted by Crippen LogP contribution is 2.19. The van der Waals surface area contributed by atoms with E-state index in [0.29, 0.717) is 0 Å². The number of hydrogen-bond acceptors (Lipinski definition) is 5. The molecule has 27 heavy (non-hydrogen) atoms. The molecule has 0 saturated carbocycles. The Hall–Kier alpha value is -2.94. The van der Waals surface area contributed by atoms with Crippen molar-refractivity contribution in [3.63, 3.8) is 0 Å². The monoisotopic (exact) mass is 394 g/mol. The molecule has 0 radical (unpaired) electrons. The van der Waals surface area contributed by atoms with Crippen LogP contribution in [0.5, 0.6) is 0 Å². The average molecular weight is 394 g/mol. The zero-order chi connectivity index (χ0) is 20.0. The summed E-state index contributed by atoms with van der Waals surface area (Å²) in [5.41, 5.74) is 0.685. The molecule has 1 N–H and O–H groups in total. The molecule has 0 atom stereocenters. The summed E-state index contributed by atoms with van der Waals surface area (Å²) in [7, 11) is -3.77. The van der Waals surface area contributed by atoms with Gasteiger partial charge in [-0.3, -0.25) is 9.10 Å². The number of nitrogens with one attached hydrogen (secondary N) is 1. The number of halogens is 1. The Bertz CT molecular complexity index is 929. The van der Waals surface area contributed by atoms with Gasteiger partial charge in [-0.1, -0.05) is 6.07 Å². The van der Waals surface area contributed by atoms with Gasteiger partial charge in [-0.15, -0.1) is 0 Å². The summed E-state index contributed by atoms with van der Waals surface area (Å²) in [5, 5.41) is 2.44. The maximum Gasteiger partial charge on any atom is 0.338 e. The Kier molecular flexibility index (Phi) is 6.51. The van der Waals surface area contributed by atoms with Crippen molar-refractivity contribution in [2.24, 2.45) is 0 Å². The molecular formula is C18H19FN2O5S. The summed E-state index contributed by atoms with van der Waals surface area (Å²) in [4.78, 5) is 23.9. The summed E-state index contributed by atoms with van der Waals surface area (Å²) in [6.45, 7) is 1.39. The van der Waals surface area contributed by atoms with Crippen LogP contribution in [0.3, 0.4) is 0 Å². The highest BCUT2D eigenvalue weighted by atomic mass is 32.2. The van der Waals surface area contributed by atoms with E-state index in [0.717, 1.165) is 16.6 Å². The van der Waals surface area contributed by atoms with E-state index >= 15 is 0 Å². The quantitative estimate of drug-likeness (QED) is 0.728. The van der Waals surface area contributed by atoms with Crippen molar-refractivity contribution in [2.75, 3.05) is 29.0 Å². The number of carbonyl (C=O) groups is 2. The lowest BCUT2D eigenvalue weighted by Gasteiger charge is -2.22. The van der Waals surface area contributed by atoms with Crippen molar-refractivity contribution >= 4 is 33.3 Å². The smallest absolute Gasteiger partial charge is 0.338 e. The van der Waals surface area contributed by atoms with Crippen LogP contribution in [0.2, 0.25) is 0 Å². The molecule has 144 valence electrons. The largest absolute Gasteiger partial charge is 0.462 e. The summed E-state index contributed by atoms with van der Waals surface area (Å²) in [6.07, 6.45) is 0.960. The predicted octanol–water partition coefficient (Wildman–Crippen LogP) is 2.41. The SMILES string of the molecule is CCOC(=O)c1ccc(N(CC(=O)Nc2cccc(F)c2)S(C)(=O)=O)cc1. The van der Waals surface area contributed by atoms with Gasteiger partial charge in [0.1, 0.15) is 12.4 Å². The maximum atomic E-state index is 13.2. The van der Waals surface area contributed by atoms with Crippen LogP contribution in [-0.2, 0) is 19.6 Å². The molecule has 9 heteroatoms. The van der Waals surface area contributed by atoms with Crippen molar-refractivity contribution in [3.05, 3.63) is 59.9 Å². The first-order chi connectivity index (χ1) is 12.7. The van der Waals surface area contributed by atoms with Crippen LogP contribution in [0.25, 0.3) is 0 Å². The maximum absolute atomic E-state index is 13.2. The molecule has 2 rings (SSSR count). The standard InChI is InChI=1S/C18H19FN2O5S/c1-3-26-18(23)13-7-9-16(10-8-13)21(27(2,24)25)12-17(22)20-15-6-4-5-14(19)11-15/h4-11H,3,12H2,1-2H3,(H,20,22). The number of hydrogen-bond donors (Lipinski definition) is 1. The van der Waals surface area contributed by atoms with Gasteiger partial charge in [-0.05, 0) is 49.4 Å². The van der Waals surface area contributed by atoms with Crippen LogP contribution in [0.1, 0.15) is 17.3 Å². The van der Waals surface area contributed by atoms with Crippen molar-refractivity contribution in [2.45, 2.75) is 6.92 Å². The zero-order valence-corrected chi connectivity index (χ0v) is 15.6. The molecule has 0 unspecified atom stereocenters. The lowest BCUT2D eigenvalue weighted by Crippen LogP contribution is -2.37. The number of anilines is 2. The van der Waals surface area contributed by atoms with Crippen LogP contribution >= 0.6 is 0 Å². The molecule has 0 saturated heterocycles. The number of benzene rings is 2. The van der Waals surface area contributed by atoms with E-state index in [1.54, 1.807) is 6.92 Å². The van der Waals surface area contributed by atoms with Gasteiger partial charge in [-0.2, -0.15) is 0 Å². The Balaban J connectivity index is 2.18. The van der Waals surface area contributed by atoms with E-state index in [2.05, 4.69) is 5.32 Å². The van der Waals surface area contributed by atoms with Gasteiger partial charge >= 0.3 is 5.97 Å². The fourth-order valence-corrected chi connectivity index (χ4v) is 3.13. The van der Waals surface area contributed by atoms with Crippen LogP contribution in [-0.4, -0.2) is 39.7 Å². The Morgan fingerprint density at radius 2 is 1.81 bits per heavy atom. The molecular weight excluding hydrogens is 375 g/mol. The summed E-state index contributed by atoms with van der Waals surface area (Å²) >= 11 is 0. The van der Waals surface area contributed by atoms with Crippen molar-refractivity contribution < 1.29 is 27.1 Å². The highest BCUT2D eigenvalue weighted by Gasteiger charge is 2.21. The summed E-state index contributed by atoms with van der Waals surface area (Å²) < 4.78 is 43.1. The number of ether oxygens (including phenoxy) is 1. The zero-order valence-electron chi connectivity index (χ0n) is 14.8. The van der Waals surface area contributed by atoms with Crippen LogP contribution < -0.4 is 9.62 Å². The second kappa shape index (κ2) is 8.63. The molecule has 7 nitrogen and oxygen atoms in total. The number of rotatable bonds is 7. The first kappa shape index (κ1) is 20.4. The molecule has 0 bridgehead atoms. The average Bonchev–Trinajstić information content (AvgIpc) is 2.59. The minimum absolute atomic E-state index is 0.208. The summed E-state index contributed by atoms with van der Waals surface area (Å²) in [5.74, 6) is -1.69. The lowest BCUT2D eigenvalue weighted by atomic mass is 10.2. The van der Waals surface area contributed by atoms with Crippen LogP contribution in [0, 0.1) is 5.82 Å². The van der Waals surface area contributed by atoms with Gasteiger partial charge in [-0.25, -0.2) is 17.6 Å². The Labute approximate surface area is 156 Å². The lowest BCUT2D eigenvalue weighted by molar-refractivity contribution is -0.114. The van der Waals surface area contributed by atoms with Crippen molar-refractivity contribution in [3.8, 4) is 0 Å². The number of nitrogens with zero attached hydrogens (tertiary/aromatic N) is 1. The first-order valence-corrected chi connectivity index (χ1v) is 9.86. The van der Waals surface area contributed by atoms with Crippen LogP contribution in [0.4, 0.5) is 15.8 Å². The van der Waals surface area contributed by atoms with Gasteiger partial charge < -0.3 is 10.1 Å². The minimum Gasteiger partial charge on any atom is -0.462 e. The van der Waals surface area contributed by atoms with Crippen LogP contribution in [0.15, 0.2) is 48.5 Å². The Morgan fingerprint density at radius 3 is 2.37 bits per heavy atom. The number of esters is 1. The van der Waals surface area contributed by atoms with E-state index in [-0.39, 0.29) is 23.5 Å². The van der Waals surface area contributed by atoms with Gasteiger partial charge in [0.05, 0.1) is 24.1 Å². The Morgan fingerprint density at radius 1 is 1.15 bits per heavy atom. The first-order valence-electron chi connectivity index (χ1n) is 8.01. The molecule has 2 aromatic carbocycles. The number of sulfonamides is 1. The summed E-state index contributed by atoms with van der Waals surface area (Å²) in [6, 6.07) is 10.9. The molecule has 0 aromatic heterocycles. The van der Waals surface area contributed by atoms with E-state index < -0.39 is 34.3 Å². The van der Waals surface area contributed by atoms with Crippen molar-refractivity contribution in [1.29, 1.82) is 0 Å². The molecule has 0 aliphatic heterocycles. The van der Waals surface area contributed by atoms with Gasteiger partial charge in [0.15, 0.2) is 0 Å². The van der Waals surface area contributed by atoms with Gasteiger partial charge in [0.25, 0.3) is 0 Å². The molecule has 1 amide bonds. The fourth-order valence-electron chi connectivity index (χ4n) is 2.28. The number of carbonyl (C=O) groups excluding carboxylic acids is 2. The minimum atomic E-state index is -3.77. The van der Waals surface area contributed by atoms with E-state index in [9.17, 15) is 22.4 Å². The third kappa shape index (κ3) is 5.78. The van der Waals surface area contributed by atoms with E-state index in [1.165, 1.54) is 42.5 Å². The number of amides is 1. The fraction of sp³-hybridized carbons (Fsp3) is 0.222. The molecule has 2 aromatic rings. The molecule has 0 aliphatic carbocycles. The highest BCUT2D eigenvalue weighted by molar-refractivity contribution is 7.92. The predicted molar refractivity (Wildman–Crippen MR) is 99.6 cm³/mol. The van der Waals surface area contributed by atoms with Gasteiger partial charge in [0.2, 0.25) is 15.9 Å². The molecule has 0 fully saturated rings. The van der Waals surface area contributed by atoms with E-state index in [1.807, 2.05) is 0 Å². The second-order valence-corrected chi connectivity index (χ2v) is 7.50. The molecule has 0 heterocycles. The second-order valence-electron chi connectivity index (χ2n) is 5.60. The third-order valence-corrected chi connectivity index (χ3v) is 4.60. The molecule has 0 aliphatic rings.